The van der Waals surface area contributed by atoms with Gasteiger partial charge in [0, 0.05) is 11.2 Å². The first-order chi connectivity index (χ1) is 9.75. The smallest absolute Gasteiger partial charge is 0.248 e. The van der Waals surface area contributed by atoms with Gasteiger partial charge in [0.1, 0.15) is 11.7 Å². The van der Waals surface area contributed by atoms with E-state index in [1.807, 2.05) is 30.3 Å². The van der Waals surface area contributed by atoms with E-state index in [2.05, 4.69) is 15.1 Å². The van der Waals surface area contributed by atoms with E-state index in [0.717, 1.165) is 5.56 Å². The van der Waals surface area contributed by atoms with Gasteiger partial charge in [-0.3, -0.25) is 4.98 Å². The molecule has 100 valence electrons. The fraction of sp³-hybridized carbons (Fsp3) is 0.0714. The standard InChI is InChI=1S/C14H11ClN4O/c15-10-6-2-1-5-9(10)12(16)14-18-13(19-20-14)11-7-3-4-8-17-11/h1-8,12H,16H2/t12-/m1/s1. The van der Waals surface area contributed by atoms with Crippen molar-refractivity contribution in [1.29, 1.82) is 0 Å². The second-order valence-electron chi connectivity index (χ2n) is 4.17. The first-order valence-electron chi connectivity index (χ1n) is 6.01. The van der Waals surface area contributed by atoms with Gasteiger partial charge in [-0.1, -0.05) is 41.0 Å². The molecule has 0 aliphatic heterocycles. The number of aromatic nitrogens is 3. The summed E-state index contributed by atoms with van der Waals surface area (Å²) in [6.45, 7) is 0. The summed E-state index contributed by atoms with van der Waals surface area (Å²) in [5.41, 5.74) is 7.48. The van der Waals surface area contributed by atoms with E-state index in [4.69, 9.17) is 21.9 Å². The minimum Gasteiger partial charge on any atom is -0.337 e. The number of halogens is 1. The summed E-state index contributed by atoms with van der Waals surface area (Å²) in [6, 6.07) is 12.2. The van der Waals surface area contributed by atoms with Crippen molar-refractivity contribution in [3.05, 3.63) is 65.1 Å². The van der Waals surface area contributed by atoms with E-state index in [9.17, 15) is 0 Å². The number of nitrogens with two attached hydrogens (primary N) is 1. The SMILES string of the molecule is N[C@@H](c1nc(-c2ccccn2)no1)c1ccccc1Cl. The van der Waals surface area contributed by atoms with E-state index < -0.39 is 6.04 Å². The van der Waals surface area contributed by atoms with Gasteiger partial charge in [-0.05, 0) is 23.8 Å². The van der Waals surface area contributed by atoms with Crippen molar-refractivity contribution in [1.82, 2.24) is 15.1 Å². The molecule has 0 aliphatic carbocycles. The molecule has 0 unspecified atom stereocenters. The maximum absolute atomic E-state index is 6.11. The number of hydrogen-bond acceptors (Lipinski definition) is 5. The minimum absolute atomic E-state index is 0.304. The second-order valence-corrected chi connectivity index (χ2v) is 4.58. The molecular weight excluding hydrogens is 276 g/mol. The van der Waals surface area contributed by atoms with E-state index >= 15 is 0 Å². The highest BCUT2D eigenvalue weighted by Crippen LogP contribution is 2.26. The Bertz CT molecular complexity index is 714. The molecule has 0 radical (unpaired) electrons. The van der Waals surface area contributed by atoms with Crippen molar-refractivity contribution in [3.8, 4) is 11.5 Å². The largest absolute Gasteiger partial charge is 0.337 e. The molecule has 1 atom stereocenters. The normalized spacial score (nSPS) is 12.3. The average molecular weight is 287 g/mol. The van der Waals surface area contributed by atoms with Gasteiger partial charge < -0.3 is 10.3 Å². The molecule has 2 heterocycles. The summed E-state index contributed by atoms with van der Waals surface area (Å²) in [5.74, 6) is 0.710. The second kappa shape index (κ2) is 5.40. The Morgan fingerprint density at radius 3 is 2.65 bits per heavy atom. The molecule has 0 aliphatic rings. The van der Waals surface area contributed by atoms with Crippen molar-refractivity contribution in [3.63, 3.8) is 0 Å². The summed E-state index contributed by atoms with van der Waals surface area (Å²) in [5, 5.41) is 4.46. The summed E-state index contributed by atoms with van der Waals surface area (Å²) in [7, 11) is 0. The molecule has 3 aromatic rings. The fourth-order valence-electron chi connectivity index (χ4n) is 1.82. The molecule has 20 heavy (non-hydrogen) atoms. The summed E-state index contributed by atoms with van der Waals surface area (Å²) < 4.78 is 5.21. The molecule has 2 aromatic heterocycles. The monoisotopic (exact) mass is 286 g/mol. The Labute approximate surface area is 120 Å². The molecular formula is C14H11ClN4O. The fourth-order valence-corrected chi connectivity index (χ4v) is 2.07. The highest BCUT2D eigenvalue weighted by molar-refractivity contribution is 6.31. The average Bonchev–Trinajstić information content (AvgIpc) is 2.98. The van der Waals surface area contributed by atoms with Crippen molar-refractivity contribution < 1.29 is 4.52 Å². The van der Waals surface area contributed by atoms with Crippen LogP contribution in [0.5, 0.6) is 0 Å². The third kappa shape index (κ3) is 2.41. The Kier molecular flexibility index (Phi) is 3.45. The van der Waals surface area contributed by atoms with Crippen LogP contribution in [0.2, 0.25) is 5.02 Å². The van der Waals surface area contributed by atoms with Gasteiger partial charge in [-0.2, -0.15) is 4.98 Å². The van der Waals surface area contributed by atoms with Crippen LogP contribution in [0.4, 0.5) is 0 Å². The first-order valence-corrected chi connectivity index (χ1v) is 6.38. The predicted molar refractivity (Wildman–Crippen MR) is 75.0 cm³/mol. The Balaban J connectivity index is 1.93. The van der Waals surface area contributed by atoms with Gasteiger partial charge >= 0.3 is 0 Å². The lowest BCUT2D eigenvalue weighted by atomic mass is 10.1. The quantitative estimate of drug-likeness (QED) is 0.801. The zero-order chi connectivity index (χ0) is 13.9. The van der Waals surface area contributed by atoms with E-state index in [1.54, 1.807) is 18.3 Å². The van der Waals surface area contributed by atoms with Crippen LogP contribution in [0, 0.1) is 0 Å². The van der Waals surface area contributed by atoms with Crippen LogP contribution >= 0.6 is 11.6 Å². The van der Waals surface area contributed by atoms with Crippen molar-refractivity contribution in [2.24, 2.45) is 5.73 Å². The highest BCUT2D eigenvalue weighted by atomic mass is 35.5. The molecule has 1 aromatic carbocycles. The van der Waals surface area contributed by atoms with Crippen LogP contribution < -0.4 is 5.73 Å². The predicted octanol–water partition coefficient (Wildman–Crippen LogP) is 2.83. The van der Waals surface area contributed by atoms with Gasteiger partial charge in [0.2, 0.25) is 11.7 Å². The Morgan fingerprint density at radius 2 is 1.90 bits per heavy atom. The molecule has 0 saturated carbocycles. The molecule has 0 saturated heterocycles. The van der Waals surface area contributed by atoms with E-state index in [-0.39, 0.29) is 0 Å². The highest BCUT2D eigenvalue weighted by Gasteiger charge is 2.19. The third-order valence-electron chi connectivity index (χ3n) is 2.84. The van der Waals surface area contributed by atoms with E-state index in [1.165, 1.54) is 0 Å². The number of rotatable bonds is 3. The molecule has 0 amide bonds. The van der Waals surface area contributed by atoms with Crippen LogP contribution in [0.15, 0.2) is 53.2 Å². The minimum atomic E-state index is -0.561. The van der Waals surface area contributed by atoms with Gasteiger partial charge in [0.25, 0.3) is 0 Å². The van der Waals surface area contributed by atoms with Gasteiger partial charge in [-0.15, -0.1) is 0 Å². The van der Waals surface area contributed by atoms with Crippen LogP contribution in [0.3, 0.4) is 0 Å². The summed E-state index contributed by atoms with van der Waals surface area (Å²) in [6.07, 6.45) is 1.67. The summed E-state index contributed by atoms with van der Waals surface area (Å²) in [4.78, 5) is 8.43. The maximum atomic E-state index is 6.11. The van der Waals surface area contributed by atoms with Gasteiger partial charge in [-0.25, -0.2) is 0 Å². The van der Waals surface area contributed by atoms with Gasteiger partial charge in [0.15, 0.2) is 0 Å². The molecule has 3 rings (SSSR count). The third-order valence-corrected chi connectivity index (χ3v) is 3.19. The number of nitrogens with zero attached hydrogens (tertiary/aromatic N) is 3. The zero-order valence-corrected chi connectivity index (χ0v) is 11.2. The molecule has 0 bridgehead atoms. The van der Waals surface area contributed by atoms with Gasteiger partial charge in [0.05, 0.1) is 0 Å². The molecule has 6 heteroatoms. The summed E-state index contributed by atoms with van der Waals surface area (Å²) >= 11 is 6.11. The topological polar surface area (TPSA) is 77.8 Å². The van der Waals surface area contributed by atoms with Crippen molar-refractivity contribution in [2.45, 2.75) is 6.04 Å². The number of benzene rings is 1. The maximum Gasteiger partial charge on any atom is 0.248 e. The lowest BCUT2D eigenvalue weighted by Gasteiger charge is -2.08. The lowest BCUT2D eigenvalue weighted by molar-refractivity contribution is 0.367. The van der Waals surface area contributed by atoms with Crippen LogP contribution in [-0.4, -0.2) is 15.1 Å². The Morgan fingerprint density at radius 1 is 1.10 bits per heavy atom. The molecule has 0 fully saturated rings. The van der Waals surface area contributed by atoms with Crippen molar-refractivity contribution >= 4 is 11.6 Å². The Hall–Kier alpha value is -2.24. The molecule has 5 nitrogen and oxygen atoms in total. The molecule has 2 N–H and O–H groups in total. The lowest BCUT2D eigenvalue weighted by Crippen LogP contribution is -2.12. The van der Waals surface area contributed by atoms with Crippen LogP contribution in [-0.2, 0) is 0 Å². The van der Waals surface area contributed by atoms with E-state index in [0.29, 0.717) is 22.4 Å². The number of hydrogen-bond donors (Lipinski definition) is 1. The van der Waals surface area contributed by atoms with Crippen LogP contribution in [0.25, 0.3) is 11.5 Å². The zero-order valence-electron chi connectivity index (χ0n) is 10.4. The molecule has 0 spiro atoms. The number of pyridine rings is 1. The van der Waals surface area contributed by atoms with Crippen molar-refractivity contribution in [2.75, 3.05) is 0 Å². The first kappa shape index (κ1) is 12.8. The van der Waals surface area contributed by atoms with Crippen LogP contribution in [0.1, 0.15) is 17.5 Å².